The summed E-state index contributed by atoms with van der Waals surface area (Å²) in [6.45, 7) is 1.74. The van der Waals surface area contributed by atoms with Crippen LogP contribution in [0.15, 0.2) is 53.7 Å². The SMILES string of the molecule is COc1ccccc1NC(=O)[C@@H](C)Sc1n[nH]c(-c2ccccc2F)n1. The summed E-state index contributed by atoms with van der Waals surface area (Å²) in [7, 11) is 1.54. The second-order valence-corrected chi connectivity index (χ2v) is 6.70. The minimum Gasteiger partial charge on any atom is -0.495 e. The number of anilines is 1. The first-order chi connectivity index (χ1) is 12.6. The molecule has 1 heterocycles. The van der Waals surface area contributed by atoms with Crippen LogP contribution in [0.2, 0.25) is 0 Å². The fourth-order valence-electron chi connectivity index (χ4n) is 2.27. The molecule has 0 radical (unpaired) electrons. The fraction of sp³-hybridized carbons (Fsp3) is 0.167. The number of ether oxygens (including phenoxy) is 1. The average Bonchev–Trinajstić information content (AvgIpc) is 3.10. The Morgan fingerprint density at radius 2 is 1.96 bits per heavy atom. The molecule has 0 fully saturated rings. The number of halogens is 1. The van der Waals surface area contributed by atoms with Crippen LogP contribution < -0.4 is 10.1 Å². The normalized spacial score (nSPS) is 11.8. The zero-order chi connectivity index (χ0) is 18.5. The number of rotatable bonds is 6. The molecule has 1 atom stereocenters. The first-order valence-electron chi connectivity index (χ1n) is 7.86. The van der Waals surface area contributed by atoms with Crippen LogP contribution in [0, 0.1) is 5.82 Å². The second kappa shape index (κ2) is 8.01. The highest BCUT2D eigenvalue weighted by Gasteiger charge is 2.19. The van der Waals surface area contributed by atoms with E-state index in [0.717, 1.165) is 0 Å². The number of methoxy groups -OCH3 is 1. The Kier molecular flexibility index (Phi) is 5.52. The predicted octanol–water partition coefficient (Wildman–Crippen LogP) is 3.74. The van der Waals surface area contributed by atoms with Gasteiger partial charge in [-0.25, -0.2) is 9.37 Å². The number of carbonyl (C=O) groups is 1. The summed E-state index contributed by atoms with van der Waals surface area (Å²) in [6.07, 6.45) is 0. The third-order valence-corrected chi connectivity index (χ3v) is 4.57. The minimum absolute atomic E-state index is 0.211. The Morgan fingerprint density at radius 3 is 2.73 bits per heavy atom. The number of aromatic amines is 1. The third-order valence-electron chi connectivity index (χ3n) is 3.61. The topological polar surface area (TPSA) is 79.9 Å². The molecule has 0 aliphatic heterocycles. The van der Waals surface area contributed by atoms with Crippen molar-refractivity contribution in [2.75, 3.05) is 12.4 Å². The largest absolute Gasteiger partial charge is 0.495 e. The van der Waals surface area contributed by atoms with E-state index in [1.165, 1.54) is 17.8 Å². The molecule has 8 heteroatoms. The first-order valence-corrected chi connectivity index (χ1v) is 8.74. The maximum atomic E-state index is 13.8. The predicted molar refractivity (Wildman–Crippen MR) is 98.7 cm³/mol. The number of nitrogens with one attached hydrogen (secondary N) is 2. The van der Waals surface area contributed by atoms with Crippen molar-refractivity contribution >= 4 is 23.4 Å². The van der Waals surface area contributed by atoms with E-state index in [4.69, 9.17) is 4.74 Å². The number of thioether (sulfide) groups is 1. The van der Waals surface area contributed by atoms with Crippen molar-refractivity contribution in [3.63, 3.8) is 0 Å². The van der Waals surface area contributed by atoms with E-state index >= 15 is 0 Å². The van der Waals surface area contributed by atoms with Gasteiger partial charge in [-0.2, -0.15) is 0 Å². The van der Waals surface area contributed by atoms with E-state index in [1.807, 2.05) is 12.1 Å². The molecule has 134 valence electrons. The van der Waals surface area contributed by atoms with Gasteiger partial charge in [0, 0.05) is 0 Å². The number of hydrogen-bond donors (Lipinski definition) is 2. The summed E-state index contributed by atoms with van der Waals surface area (Å²) in [6, 6.07) is 13.5. The van der Waals surface area contributed by atoms with E-state index < -0.39 is 5.25 Å². The molecule has 6 nitrogen and oxygen atoms in total. The molecule has 26 heavy (non-hydrogen) atoms. The highest BCUT2D eigenvalue weighted by molar-refractivity contribution is 8.00. The van der Waals surface area contributed by atoms with Crippen molar-refractivity contribution in [2.45, 2.75) is 17.3 Å². The van der Waals surface area contributed by atoms with Gasteiger partial charge in [0.1, 0.15) is 11.6 Å². The Balaban J connectivity index is 1.67. The van der Waals surface area contributed by atoms with Crippen molar-refractivity contribution in [1.29, 1.82) is 0 Å². The van der Waals surface area contributed by atoms with Gasteiger partial charge in [0.2, 0.25) is 11.1 Å². The minimum atomic E-state index is -0.454. The molecule has 3 rings (SSSR count). The zero-order valence-corrected chi connectivity index (χ0v) is 15.0. The number of aromatic nitrogens is 3. The molecule has 0 aliphatic rings. The third kappa shape index (κ3) is 4.02. The van der Waals surface area contributed by atoms with Gasteiger partial charge in [-0.1, -0.05) is 36.0 Å². The first kappa shape index (κ1) is 17.9. The lowest BCUT2D eigenvalue weighted by Crippen LogP contribution is -2.22. The summed E-state index contributed by atoms with van der Waals surface area (Å²) < 4.78 is 19.0. The Morgan fingerprint density at radius 1 is 1.23 bits per heavy atom. The van der Waals surface area contributed by atoms with Gasteiger partial charge in [-0.3, -0.25) is 9.89 Å². The molecule has 0 bridgehead atoms. The van der Waals surface area contributed by atoms with Crippen LogP contribution in [0.5, 0.6) is 5.75 Å². The molecule has 0 aliphatic carbocycles. The van der Waals surface area contributed by atoms with Gasteiger partial charge >= 0.3 is 0 Å². The van der Waals surface area contributed by atoms with Gasteiger partial charge in [0.25, 0.3) is 0 Å². The van der Waals surface area contributed by atoms with Crippen molar-refractivity contribution in [3.05, 3.63) is 54.3 Å². The molecule has 0 saturated heterocycles. The average molecular weight is 372 g/mol. The van der Waals surface area contributed by atoms with Crippen LogP contribution in [0.1, 0.15) is 6.92 Å². The number of H-pyrrole nitrogens is 1. The standard InChI is InChI=1S/C18H17FN4O2S/c1-11(17(24)20-14-9-5-6-10-15(14)25-2)26-18-21-16(22-23-18)12-7-3-4-8-13(12)19/h3-11H,1-2H3,(H,20,24)(H,21,22,23)/t11-/m1/s1. The molecular weight excluding hydrogens is 355 g/mol. The lowest BCUT2D eigenvalue weighted by Gasteiger charge is -2.12. The van der Waals surface area contributed by atoms with Gasteiger partial charge in [0.05, 0.1) is 23.6 Å². The van der Waals surface area contributed by atoms with E-state index in [-0.39, 0.29) is 11.7 Å². The van der Waals surface area contributed by atoms with Crippen molar-refractivity contribution in [2.24, 2.45) is 0 Å². The number of para-hydroxylation sites is 2. The van der Waals surface area contributed by atoms with Crippen LogP contribution in [0.4, 0.5) is 10.1 Å². The van der Waals surface area contributed by atoms with Crippen molar-refractivity contribution < 1.29 is 13.9 Å². The van der Waals surface area contributed by atoms with Crippen molar-refractivity contribution in [1.82, 2.24) is 15.2 Å². The summed E-state index contributed by atoms with van der Waals surface area (Å²) in [5.41, 5.74) is 0.924. The molecule has 0 saturated carbocycles. The molecule has 1 aromatic heterocycles. The number of carbonyl (C=O) groups excluding carboxylic acids is 1. The van der Waals surface area contributed by atoms with Gasteiger partial charge in [-0.05, 0) is 31.2 Å². The van der Waals surface area contributed by atoms with Crippen LogP contribution in [0.25, 0.3) is 11.4 Å². The molecule has 1 amide bonds. The summed E-state index contributed by atoms with van der Waals surface area (Å²) in [5, 5.41) is 9.48. The van der Waals surface area contributed by atoms with Crippen molar-refractivity contribution in [3.8, 4) is 17.1 Å². The maximum Gasteiger partial charge on any atom is 0.237 e. The van der Waals surface area contributed by atoms with Crippen LogP contribution in [0.3, 0.4) is 0 Å². The summed E-state index contributed by atoms with van der Waals surface area (Å²) in [5.74, 6) is 0.305. The maximum absolute atomic E-state index is 13.8. The lowest BCUT2D eigenvalue weighted by molar-refractivity contribution is -0.115. The van der Waals surface area contributed by atoms with Crippen LogP contribution >= 0.6 is 11.8 Å². The molecule has 0 unspecified atom stereocenters. The Hall–Kier alpha value is -2.87. The zero-order valence-electron chi connectivity index (χ0n) is 14.2. The number of amides is 1. The monoisotopic (exact) mass is 372 g/mol. The summed E-state index contributed by atoms with van der Waals surface area (Å²) in [4.78, 5) is 16.7. The molecular formula is C18H17FN4O2S. The highest BCUT2D eigenvalue weighted by atomic mass is 32.2. The smallest absolute Gasteiger partial charge is 0.237 e. The van der Waals surface area contributed by atoms with E-state index in [1.54, 1.807) is 44.4 Å². The Labute approximate surface area is 154 Å². The van der Waals surface area contributed by atoms with Gasteiger partial charge in [0.15, 0.2) is 5.82 Å². The number of nitrogens with zero attached hydrogens (tertiary/aromatic N) is 2. The van der Waals surface area contributed by atoms with E-state index in [0.29, 0.717) is 28.0 Å². The van der Waals surface area contributed by atoms with Crippen LogP contribution in [-0.4, -0.2) is 33.4 Å². The lowest BCUT2D eigenvalue weighted by atomic mass is 10.2. The highest BCUT2D eigenvalue weighted by Crippen LogP contribution is 2.27. The molecule has 2 N–H and O–H groups in total. The van der Waals surface area contributed by atoms with Gasteiger partial charge in [-0.15, -0.1) is 5.10 Å². The fourth-order valence-corrected chi connectivity index (χ4v) is 2.99. The second-order valence-electron chi connectivity index (χ2n) is 5.40. The summed E-state index contributed by atoms with van der Waals surface area (Å²) >= 11 is 1.18. The number of hydrogen-bond acceptors (Lipinski definition) is 5. The molecule has 3 aromatic rings. The van der Waals surface area contributed by atoms with Crippen LogP contribution in [-0.2, 0) is 4.79 Å². The number of benzene rings is 2. The van der Waals surface area contributed by atoms with Gasteiger partial charge < -0.3 is 10.1 Å². The van der Waals surface area contributed by atoms with E-state index in [2.05, 4.69) is 20.5 Å². The quantitative estimate of drug-likeness (QED) is 0.645. The molecule has 0 spiro atoms. The Bertz CT molecular complexity index is 915. The molecule has 2 aromatic carbocycles. The van der Waals surface area contributed by atoms with E-state index in [9.17, 15) is 9.18 Å².